The molecule has 0 aromatic heterocycles. The van der Waals surface area contributed by atoms with Crippen LogP contribution in [0.5, 0.6) is 0 Å². The smallest absolute Gasteiger partial charge is 0.236 e. The van der Waals surface area contributed by atoms with Crippen LogP contribution < -0.4 is 11.1 Å². The lowest BCUT2D eigenvalue weighted by molar-refractivity contribution is -0.128. The van der Waals surface area contributed by atoms with Gasteiger partial charge in [0.1, 0.15) is 0 Å². The van der Waals surface area contributed by atoms with Crippen molar-refractivity contribution in [1.82, 2.24) is 10.2 Å². The second-order valence-electron chi connectivity index (χ2n) is 4.15. The fourth-order valence-electron chi connectivity index (χ4n) is 1.59. The Morgan fingerprint density at radius 1 is 1.47 bits per heavy atom. The number of benzene rings is 1. The Hall–Kier alpha value is -2.08. The molecule has 1 aromatic rings. The van der Waals surface area contributed by atoms with Gasteiger partial charge in [0.15, 0.2) is 5.84 Å². The van der Waals surface area contributed by atoms with Crippen LogP contribution in [0.4, 0.5) is 0 Å². The quantitative estimate of drug-likeness (QED) is 0.299. The van der Waals surface area contributed by atoms with E-state index in [0.29, 0.717) is 18.7 Å². The maximum Gasteiger partial charge on any atom is 0.236 e. The Morgan fingerprint density at radius 2 is 2.16 bits per heavy atom. The van der Waals surface area contributed by atoms with Crippen LogP contribution in [-0.2, 0) is 11.3 Å². The Balaban J connectivity index is 2.61. The minimum Gasteiger partial charge on any atom is -0.409 e. The number of amides is 1. The summed E-state index contributed by atoms with van der Waals surface area (Å²) in [5, 5.41) is 14.8. The number of rotatable bonds is 6. The molecule has 0 aliphatic heterocycles. The van der Waals surface area contributed by atoms with Gasteiger partial charge in [0.25, 0.3) is 0 Å². The summed E-state index contributed by atoms with van der Waals surface area (Å²) in [5.74, 6) is 0.0955. The topological polar surface area (TPSA) is 91.0 Å². The predicted molar refractivity (Wildman–Crippen MR) is 74.0 cm³/mol. The van der Waals surface area contributed by atoms with Crippen molar-refractivity contribution in [3.8, 4) is 0 Å². The van der Waals surface area contributed by atoms with Crippen LogP contribution in [-0.4, -0.2) is 42.0 Å². The molecule has 1 aromatic carbocycles. The van der Waals surface area contributed by atoms with Gasteiger partial charge in [0.05, 0.1) is 6.54 Å². The highest BCUT2D eigenvalue weighted by Crippen LogP contribution is 2.07. The van der Waals surface area contributed by atoms with Gasteiger partial charge >= 0.3 is 0 Å². The third-order valence-corrected chi connectivity index (χ3v) is 2.89. The van der Waals surface area contributed by atoms with Crippen LogP contribution in [0.3, 0.4) is 0 Å². The summed E-state index contributed by atoms with van der Waals surface area (Å²) >= 11 is 0. The lowest BCUT2D eigenvalue weighted by atomic mass is 10.1. The van der Waals surface area contributed by atoms with Crippen molar-refractivity contribution < 1.29 is 10.0 Å². The molecular formula is C13H20N4O2. The second kappa shape index (κ2) is 7.38. The second-order valence-corrected chi connectivity index (χ2v) is 4.15. The minimum absolute atomic E-state index is 0.0313. The van der Waals surface area contributed by atoms with Crippen molar-refractivity contribution in [3.63, 3.8) is 0 Å². The minimum atomic E-state index is 0.0313. The molecule has 0 aliphatic carbocycles. The van der Waals surface area contributed by atoms with Gasteiger partial charge in [0.2, 0.25) is 5.91 Å². The number of nitrogens with one attached hydrogen (secondary N) is 1. The number of carbonyl (C=O) groups is 1. The molecule has 0 heterocycles. The molecule has 0 unspecified atom stereocenters. The van der Waals surface area contributed by atoms with Gasteiger partial charge in [-0.15, -0.1) is 0 Å². The molecule has 19 heavy (non-hydrogen) atoms. The molecule has 1 amide bonds. The molecule has 0 saturated heterocycles. The molecule has 4 N–H and O–H groups in total. The van der Waals surface area contributed by atoms with E-state index in [1.807, 2.05) is 25.1 Å². The number of likely N-dealkylation sites (N-methyl/N-ethyl adjacent to an activating group) is 1. The number of oxime groups is 1. The van der Waals surface area contributed by atoms with Gasteiger partial charge in [-0.1, -0.05) is 29.4 Å². The van der Waals surface area contributed by atoms with Gasteiger partial charge in [-0.3, -0.25) is 4.79 Å². The summed E-state index contributed by atoms with van der Waals surface area (Å²) < 4.78 is 0. The molecule has 0 spiro atoms. The van der Waals surface area contributed by atoms with Gasteiger partial charge < -0.3 is 21.2 Å². The average molecular weight is 264 g/mol. The van der Waals surface area contributed by atoms with Crippen LogP contribution in [0.25, 0.3) is 0 Å². The molecule has 0 saturated carbocycles. The Kier molecular flexibility index (Phi) is 5.81. The van der Waals surface area contributed by atoms with Crippen molar-refractivity contribution in [2.24, 2.45) is 10.9 Å². The number of carbonyl (C=O) groups excluding carboxylic acids is 1. The zero-order chi connectivity index (χ0) is 14.3. The molecule has 0 radical (unpaired) electrons. The van der Waals surface area contributed by atoms with E-state index in [-0.39, 0.29) is 18.3 Å². The van der Waals surface area contributed by atoms with E-state index in [1.165, 1.54) is 0 Å². The lowest BCUT2D eigenvalue weighted by Crippen LogP contribution is -2.35. The van der Waals surface area contributed by atoms with E-state index in [1.54, 1.807) is 18.0 Å². The highest BCUT2D eigenvalue weighted by molar-refractivity contribution is 5.98. The SMILES string of the molecule is CCN(C)C(=O)CNCc1ccccc1/C(N)=N/O. The Morgan fingerprint density at radius 3 is 2.79 bits per heavy atom. The van der Waals surface area contributed by atoms with E-state index >= 15 is 0 Å². The average Bonchev–Trinajstić information content (AvgIpc) is 2.45. The van der Waals surface area contributed by atoms with E-state index in [2.05, 4.69) is 10.5 Å². The van der Waals surface area contributed by atoms with E-state index in [4.69, 9.17) is 10.9 Å². The summed E-state index contributed by atoms with van der Waals surface area (Å²) in [6, 6.07) is 7.32. The summed E-state index contributed by atoms with van der Waals surface area (Å²) in [7, 11) is 1.76. The fraction of sp³-hybridized carbons (Fsp3) is 0.385. The van der Waals surface area contributed by atoms with Crippen molar-refractivity contribution >= 4 is 11.7 Å². The summed E-state index contributed by atoms with van der Waals surface area (Å²) in [5.41, 5.74) is 7.13. The Bertz CT molecular complexity index is 460. The number of nitrogens with zero attached hydrogens (tertiary/aromatic N) is 2. The molecular weight excluding hydrogens is 244 g/mol. The molecule has 6 nitrogen and oxygen atoms in total. The third-order valence-electron chi connectivity index (χ3n) is 2.89. The Labute approximate surface area is 112 Å². The molecule has 0 bridgehead atoms. The predicted octanol–water partition coefficient (Wildman–Crippen LogP) is 0.349. The molecule has 104 valence electrons. The number of hydrogen-bond donors (Lipinski definition) is 3. The fourth-order valence-corrected chi connectivity index (χ4v) is 1.59. The zero-order valence-electron chi connectivity index (χ0n) is 11.3. The largest absolute Gasteiger partial charge is 0.409 e. The maximum atomic E-state index is 11.6. The molecule has 0 aliphatic rings. The van der Waals surface area contributed by atoms with Gasteiger partial charge in [0, 0.05) is 25.7 Å². The number of amidine groups is 1. The molecule has 6 heteroatoms. The summed E-state index contributed by atoms with van der Waals surface area (Å²) in [6.45, 7) is 3.34. The van der Waals surface area contributed by atoms with Crippen LogP contribution in [0.1, 0.15) is 18.1 Å². The lowest BCUT2D eigenvalue weighted by Gasteiger charge is -2.15. The van der Waals surface area contributed by atoms with E-state index in [0.717, 1.165) is 5.56 Å². The molecule has 1 rings (SSSR count). The number of hydrogen-bond acceptors (Lipinski definition) is 4. The van der Waals surface area contributed by atoms with Gasteiger partial charge in [-0.2, -0.15) is 0 Å². The number of nitrogens with two attached hydrogens (primary N) is 1. The molecule has 0 fully saturated rings. The van der Waals surface area contributed by atoms with E-state index < -0.39 is 0 Å². The third kappa shape index (κ3) is 4.26. The normalized spacial score (nSPS) is 11.4. The summed E-state index contributed by atoms with van der Waals surface area (Å²) in [6.07, 6.45) is 0. The van der Waals surface area contributed by atoms with Crippen molar-refractivity contribution in [2.75, 3.05) is 20.1 Å². The first-order valence-electron chi connectivity index (χ1n) is 6.10. The first-order valence-corrected chi connectivity index (χ1v) is 6.10. The van der Waals surface area contributed by atoms with Crippen molar-refractivity contribution in [1.29, 1.82) is 0 Å². The van der Waals surface area contributed by atoms with Gasteiger partial charge in [-0.25, -0.2) is 0 Å². The standard InChI is InChI=1S/C13H20N4O2/c1-3-17(2)12(18)9-15-8-10-6-4-5-7-11(10)13(14)16-19/h4-7,15,19H,3,8-9H2,1-2H3,(H2,14,16). The van der Waals surface area contributed by atoms with Crippen molar-refractivity contribution in [2.45, 2.75) is 13.5 Å². The first kappa shape index (κ1) is 15.0. The highest BCUT2D eigenvalue weighted by atomic mass is 16.4. The molecule has 0 atom stereocenters. The van der Waals surface area contributed by atoms with Gasteiger partial charge in [-0.05, 0) is 12.5 Å². The van der Waals surface area contributed by atoms with Crippen LogP contribution in [0.15, 0.2) is 29.4 Å². The zero-order valence-corrected chi connectivity index (χ0v) is 11.3. The van der Waals surface area contributed by atoms with Crippen LogP contribution in [0, 0.1) is 0 Å². The highest BCUT2D eigenvalue weighted by Gasteiger charge is 2.08. The maximum absolute atomic E-state index is 11.6. The summed E-state index contributed by atoms with van der Waals surface area (Å²) in [4.78, 5) is 13.3. The monoisotopic (exact) mass is 264 g/mol. The van der Waals surface area contributed by atoms with Crippen molar-refractivity contribution in [3.05, 3.63) is 35.4 Å². The van der Waals surface area contributed by atoms with Crippen LogP contribution in [0.2, 0.25) is 0 Å². The van der Waals surface area contributed by atoms with Crippen LogP contribution >= 0.6 is 0 Å². The first-order chi connectivity index (χ1) is 9.10. The van der Waals surface area contributed by atoms with E-state index in [9.17, 15) is 4.79 Å².